The van der Waals surface area contributed by atoms with Crippen molar-refractivity contribution in [3.05, 3.63) is 54.1 Å². The molecular weight excluding hydrogens is 424 g/mol. The van der Waals surface area contributed by atoms with Crippen LogP contribution < -0.4 is 14.8 Å². The van der Waals surface area contributed by atoms with Crippen LogP contribution in [0.4, 0.5) is 0 Å². The monoisotopic (exact) mass is 448 g/mol. The molecule has 1 heterocycles. The van der Waals surface area contributed by atoms with Gasteiger partial charge < -0.3 is 19.9 Å². The second-order valence-corrected chi connectivity index (χ2v) is 8.87. The van der Waals surface area contributed by atoms with E-state index in [-0.39, 0.29) is 17.2 Å². The Morgan fingerprint density at radius 2 is 1.77 bits per heavy atom. The molecule has 31 heavy (non-hydrogen) atoms. The van der Waals surface area contributed by atoms with Crippen molar-refractivity contribution in [2.75, 3.05) is 20.8 Å². The van der Waals surface area contributed by atoms with E-state index < -0.39 is 34.0 Å². The zero-order valence-electron chi connectivity index (χ0n) is 17.1. The first-order valence-electron chi connectivity index (χ1n) is 9.61. The van der Waals surface area contributed by atoms with Crippen molar-refractivity contribution >= 4 is 21.9 Å². The molecule has 2 atom stereocenters. The first kappa shape index (κ1) is 22.6. The number of sulfonamides is 1. The van der Waals surface area contributed by atoms with Gasteiger partial charge in [-0.3, -0.25) is 4.79 Å². The number of benzene rings is 2. The minimum atomic E-state index is -4.02. The first-order valence-corrected chi connectivity index (χ1v) is 11.1. The number of carbonyl (C=O) groups excluding carboxylic acids is 1. The third kappa shape index (κ3) is 4.64. The number of rotatable bonds is 8. The van der Waals surface area contributed by atoms with Crippen molar-refractivity contribution in [2.45, 2.75) is 29.8 Å². The molecule has 1 aliphatic rings. The van der Waals surface area contributed by atoms with E-state index >= 15 is 0 Å². The topological polar surface area (TPSA) is 122 Å². The lowest BCUT2D eigenvalue weighted by molar-refractivity contribution is -0.142. The lowest BCUT2D eigenvalue weighted by atomic mass is 10.1. The number of nitrogens with zero attached hydrogens (tertiary/aromatic N) is 1. The quantitative estimate of drug-likeness (QED) is 0.631. The summed E-state index contributed by atoms with van der Waals surface area (Å²) in [6.45, 7) is 0.151. The van der Waals surface area contributed by atoms with Crippen LogP contribution in [0.5, 0.6) is 11.5 Å². The average Bonchev–Trinajstić information content (AvgIpc) is 3.28. The molecule has 166 valence electrons. The van der Waals surface area contributed by atoms with E-state index in [9.17, 15) is 23.1 Å². The van der Waals surface area contributed by atoms with E-state index in [0.717, 1.165) is 4.31 Å². The molecule has 1 fully saturated rings. The molecule has 9 nitrogen and oxygen atoms in total. The Hall–Kier alpha value is -3.11. The van der Waals surface area contributed by atoms with Crippen molar-refractivity contribution in [3.63, 3.8) is 0 Å². The van der Waals surface area contributed by atoms with Crippen LogP contribution in [0, 0.1) is 0 Å². The Bertz CT molecular complexity index is 1060. The molecule has 1 unspecified atom stereocenters. The van der Waals surface area contributed by atoms with Gasteiger partial charge in [0.05, 0.1) is 19.1 Å². The maximum Gasteiger partial charge on any atom is 0.330 e. The Balaban J connectivity index is 1.86. The van der Waals surface area contributed by atoms with Crippen LogP contribution in [0.2, 0.25) is 0 Å². The molecule has 0 radical (unpaired) electrons. The molecule has 1 aliphatic heterocycles. The molecular formula is C21H24N2O7S. The average molecular weight is 448 g/mol. The Morgan fingerprint density at radius 1 is 1.10 bits per heavy atom. The highest BCUT2D eigenvalue weighted by atomic mass is 32.2. The van der Waals surface area contributed by atoms with Crippen LogP contribution in [-0.4, -0.2) is 56.5 Å². The van der Waals surface area contributed by atoms with Crippen molar-refractivity contribution in [2.24, 2.45) is 0 Å². The third-order valence-corrected chi connectivity index (χ3v) is 7.04. The smallest absolute Gasteiger partial charge is 0.330 e. The number of carbonyl (C=O) groups is 2. The van der Waals surface area contributed by atoms with E-state index in [1.165, 1.54) is 32.4 Å². The van der Waals surface area contributed by atoms with Crippen molar-refractivity contribution in [1.29, 1.82) is 0 Å². The van der Waals surface area contributed by atoms with E-state index in [4.69, 9.17) is 9.47 Å². The highest BCUT2D eigenvalue weighted by molar-refractivity contribution is 7.89. The molecule has 2 aromatic carbocycles. The number of carboxylic acid groups (broad SMARTS) is 1. The fourth-order valence-electron chi connectivity index (χ4n) is 3.57. The summed E-state index contributed by atoms with van der Waals surface area (Å²) in [6, 6.07) is 10.2. The van der Waals surface area contributed by atoms with Crippen molar-refractivity contribution in [1.82, 2.24) is 9.62 Å². The highest BCUT2D eigenvalue weighted by Gasteiger charge is 2.41. The molecule has 1 saturated heterocycles. The fraction of sp³-hybridized carbons (Fsp3) is 0.333. The highest BCUT2D eigenvalue weighted by Crippen LogP contribution is 2.33. The van der Waals surface area contributed by atoms with E-state index in [2.05, 4.69) is 5.32 Å². The van der Waals surface area contributed by atoms with Crippen LogP contribution >= 0.6 is 0 Å². The summed E-state index contributed by atoms with van der Waals surface area (Å²) in [4.78, 5) is 24.6. The van der Waals surface area contributed by atoms with Gasteiger partial charge in [0, 0.05) is 12.6 Å². The summed E-state index contributed by atoms with van der Waals surface area (Å²) in [5.41, 5.74) is 0.399. The number of methoxy groups -OCH3 is 2. The molecule has 2 N–H and O–H groups in total. The predicted molar refractivity (Wildman–Crippen MR) is 111 cm³/mol. The van der Waals surface area contributed by atoms with Gasteiger partial charge in [-0.15, -0.1) is 0 Å². The lowest BCUT2D eigenvalue weighted by Crippen LogP contribution is -2.48. The van der Waals surface area contributed by atoms with E-state index in [1.807, 2.05) is 0 Å². The van der Waals surface area contributed by atoms with Gasteiger partial charge in [0.25, 0.3) is 0 Å². The van der Waals surface area contributed by atoms with Gasteiger partial charge >= 0.3 is 5.97 Å². The molecule has 1 amide bonds. The zero-order chi connectivity index (χ0) is 22.6. The minimum Gasteiger partial charge on any atom is -0.493 e. The number of hydrogen-bond acceptors (Lipinski definition) is 6. The predicted octanol–water partition coefficient (Wildman–Crippen LogP) is 1.80. The largest absolute Gasteiger partial charge is 0.493 e. The van der Waals surface area contributed by atoms with Crippen LogP contribution in [0.3, 0.4) is 0 Å². The van der Waals surface area contributed by atoms with E-state index in [1.54, 1.807) is 30.3 Å². The maximum atomic E-state index is 13.2. The van der Waals surface area contributed by atoms with Gasteiger partial charge in [0.2, 0.25) is 15.9 Å². The summed E-state index contributed by atoms with van der Waals surface area (Å²) in [5.74, 6) is -1.26. The van der Waals surface area contributed by atoms with Crippen LogP contribution in [0.15, 0.2) is 53.4 Å². The normalized spacial score (nSPS) is 17.7. The molecule has 0 aromatic heterocycles. The van der Waals surface area contributed by atoms with Gasteiger partial charge in [-0.2, -0.15) is 4.31 Å². The molecule has 0 aliphatic carbocycles. The van der Waals surface area contributed by atoms with Gasteiger partial charge in [-0.25, -0.2) is 13.2 Å². The van der Waals surface area contributed by atoms with Crippen LogP contribution in [0.1, 0.15) is 24.4 Å². The van der Waals surface area contributed by atoms with Gasteiger partial charge in [0.15, 0.2) is 17.5 Å². The number of aliphatic carboxylic acids is 1. The fourth-order valence-corrected chi connectivity index (χ4v) is 5.25. The number of amides is 1. The SMILES string of the molecule is COc1ccc(S(=O)(=O)N2CCCC2C(=O)N[C@H](C(=O)O)c2ccccc2)cc1OC. The van der Waals surface area contributed by atoms with Gasteiger partial charge in [-0.1, -0.05) is 30.3 Å². The number of nitrogens with one attached hydrogen (secondary N) is 1. The Kier molecular flexibility index (Phi) is 6.81. The molecule has 3 rings (SSSR count). The maximum absolute atomic E-state index is 13.2. The Labute approximate surface area is 180 Å². The number of carboxylic acids is 1. The minimum absolute atomic E-state index is 0.0392. The summed E-state index contributed by atoms with van der Waals surface area (Å²) in [7, 11) is -1.18. The molecule has 2 aromatic rings. The lowest BCUT2D eigenvalue weighted by Gasteiger charge is -2.25. The second-order valence-electron chi connectivity index (χ2n) is 6.98. The van der Waals surface area contributed by atoms with E-state index in [0.29, 0.717) is 24.2 Å². The summed E-state index contributed by atoms with van der Waals surface area (Å²) in [5, 5.41) is 12.0. The summed E-state index contributed by atoms with van der Waals surface area (Å²) in [6.07, 6.45) is 0.771. The Morgan fingerprint density at radius 3 is 2.39 bits per heavy atom. The molecule has 0 bridgehead atoms. The van der Waals surface area contributed by atoms with Crippen LogP contribution in [0.25, 0.3) is 0 Å². The van der Waals surface area contributed by atoms with Gasteiger partial charge in [0.1, 0.15) is 6.04 Å². The molecule has 0 saturated carbocycles. The molecule has 0 spiro atoms. The van der Waals surface area contributed by atoms with Crippen molar-refractivity contribution in [3.8, 4) is 11.5 Å². The third-order valence-electron chi connectivity index (χ3n) is 5.13. The zero-order valence-corrected chi connectivity index (χ0v) is 18.0. The summed E-state index contributed by atoms with van der Waals surface area (Å²) >= 11 is 0. The summed E-state index contributed by atoms with van der Waals surface area (Å²) < 4.78 is 37.9. The van der Waals surface area contributed by atoms with Crippen molar-refractivity contribution < 1.29 is 32.6 Å². The second kappa shape index (κ2) is 9.36. The van der Waals surface area contributed by atoms with Crippen LogP contribution in [-0.2, 0) is 19.6 Å². The van der Waals surface area contributed by atoms with Gasteiger partial charge in [-0.05, 0) is 30.5 Å². The molecule has 10 heteroatoms. The number of hydrogen-bond donors (Lipinski definition) is 2. The standard InChI is InChI=1S/C21H24N2O7S/c1-29-17-11-10-15(13-18(17)30-2)31(27,28)23-12-6-9-16(23)20(24)22-19(21(25)26)14-7-4-3-5-8-14/h3-5,7-8,10-11,13,16,19H,6,9,12H2,1-2H3,(H,22,24)(H,25,26)/t16?,19-/m0/s1. The first-order chi connectivity index (χ1) is 14.8. The number of ether oxygens (including phenoxy) is 2.